The molecule has 0 spiro atoms. The summed E-state index contributed by atoms with van der Waals surface area (Å²) in [5, 5.41) is 5.17. The number of hydrogen-bond acceptors (Lipinski definition) is 4. The summed E-state index contributed by atoms with van der Waals surface area (Å²) in [5.74, 6) is 0.175. The zero-order valence-electron chi connectivity index (χ0n) is 20.3. The number of hydrogen-bond donors (Lipinski definition) is 0. The fraction of sp³-hybridized carbons (Fsp3) is 0.333. The maximum atomic E-state index is 13.5. The zero-order valence-corrected chi connectivity index (χ0v) is 20.3. The summed E-state index contributed by atoms with van der Waals surface area (Å²) in [4.78, 5) is 17.9. The average molecular weight is 484 g/mol. The quantitative estimate of drug-likeness (QED) is 0.330. The Morgan fingerprint density at radius 3 is 2.31 bits per heavy atom. The van der Waals surface area contributed by atoms with Crippen LogP contribution in [0.2, 0.25) is 0 Å². The summed E-state index contributed by atoms with van der Waals surface area (Å²) in [5.41, 5.74) is 5.96. The van der Waals surface area contributed by atoms with Crippen LogP contribution < -0.4 is 4.90 Å². The van der Waals surface area contributed by atoms with Crippen molar-refractivity contribution in [3.8, 4) is 0 Å². The molecule has 1 amide bonds. The SMILES string of the molecule is O=C(CCCN1CCC(c2noc3cc(F)ccc23)CC1)N1c2ccccc2CCc2ccccc21. The van der Waals surface area contributed by atoms with Crippen LogP contribution in [0.25, 0.3) is 11.0 Å². The molecule has 4 aromatic rings. The number of para-hydroxylation sites is 2. The van der Waals surface area contributed by atoms with E-state index in [1.54, 1.807) is 6.07 Å². The van der Waals surface area contributed by atoms with Crippen molar-refractivity contribution in [3.05, 3.63) is 89.4 Å². The Hall–Kier alpha value is -3.51. The number of amides is 1. The highest BCUT2D eigenvalue weighted by Crippen LogP contribution is 2.37. The molecule has 3 heterocycles. The summed E-state index contributed by atoms with van der Waals surface area (Å²) in [6.45, 7) is 2.83. The van der Waals surface area contributed by atoms with Gasteiger partial charge < -0.3 is 9.42 Å². The Bertz CT molecular complexity index is 1340. The number of aromatic nitrogens is 1. The third-order valence-electron chi connectivity index (χ3n) is 7.68. The predicted octanol–water partition coefficient (Wildman–Crippen LogP) is 6.39. The van der Waals surface area contributed by atoms with Crippen LogP contribution in [-0.2, 0) is 17.6 Å². The minimum atomic E-state index is -0.304. The number of nitrogens with zero attached hydrogens (tertiary/aromatic N) is 3. The molecule has 5 nitrogen and oxygen atoms in total. The summed E-state index contributed by atoms with van der Waals surface area (Å²) in [6.07, 6.45) is 5.21. The van der Waals surface area contributed by atoms with Gasteiger partial charge in [0.05, 0.1) is 17.1 Å². The second kappa shape index (κ2) is 9.86. The van der Waals surface area contributed by atoms with E-state index in [4.69, 9.17) is 4.52 Å². The molecule has 0 bridgehead atoms. The van der Waals surface area contributed by atoms with Gasteiger partial charge in [-0.25, -0.2) is 4.39 Å². The van der Waals surface area contributed by atoms with E-state index >= 15 is 0 Å². The van der Waals surface area contributed by atoms with E-state index in [2.05, 4.69) is 46.5 Å². The molecule has 6 rings (SSSR count). The van der Waals surface area contributed by atoms with Gasteiger partial charge in [-0.15, -0.1) is 0 Å². The number of piperidine rings is 1. The van der Waals surface area contributed by atoms with E-state index in [1.165, 1.54) is 23.3 Å². The lowest BCUT2D eigenvalue weighted by Gasteiger charge is -2.31. The third-order valence-corrected chi connectivity index (χ3v) is 7.68. The monoisotopic (exact) mass is 483 g/mol. The molecular formula is C30H30FN3O2. The molecule has 2 aliphatic heterocycles. The molecule has 184 valence electrons. The van der Waals surface area contributed by atoms with Gasteiger partial charge in [0.25, 0.3) is 0 Å². The van der Waals surface area contributed by atoms with Crippen LogP contribution in [0.1, 0.15) is 48.4 Å². The molecule has 0 radical (unpaired) electrons. The molecule has 1 aromatic heterocycles. The van der Waals surface area contributed by atoms with Crippen LogP contribution in [0.3, 0.4) is 0 Å². The van der Waals surface area contributed by atoms with Gasteiger partial charge in [0.1, 0.15) is 5.82 Å². The molecule has 2 aliphatic rings. The maximum absolute atomic E-state index is 13.5. The van der Waals surface area contributed by atoms with Crippen LogP contribution in [0.5, 0.6) is 0 Å². The van der Waals surface area contributed by atoms with E-state index in [-0.39, 0.29) is 11.7 Å². The first-order valence-corrected chi connectivity index (χ1v) is 12.9. The Kier molecular flexibility index (Phi) is 6.28. The first kappa shape index (κ1) is 22.9. The van der Waals surface area contributed by atoms with Gasteiger partial charge in [-0.2, -0.15) is 0 Å². The van der Waals surface area contributed by atoms with Crippen molar-refractivity contribution in [2.24, 2.45) is 0 Å². The summed E-state index contributed by atoms with van der Waals surface area (Å²) >= 11 is 0. The molecule has 0 aliphatic carbocycles. The van der Waals surface area contributed by atoms with E-state index in [0.29, 0.717) is 17.9 Å². The highest BCUT2D eigenvalue weighted by molar-refractivity contribution is 6.02. The van der Waals surface area contributed by atoms with Crippen LogP contribution in [0.15, 0.2) is 71.3 Å². The van der Waals surface area contributed by atoms with Crippen molar-refractivity contribution < 1.29 is 13.7 Å². The second-order valence-corrected chi connectivity index (χ2v) is 9.91. The van der Waals surface area contributed by atoms with E-state index in [0.717, 1.165) is 74.2 Å². The Morgan fingerprint density at radius 1 is 0.944 bits per heavy atom. The number of carbonyl (C=O) groups is 1. The minimum Gasteiger partial charge on any atom is -0.356 e. The van der Waals surface area contributed by atoms with Crippen LogP contribution in [0, 0.1) is 5.82 Å². The van der Waals surface area contributed by atoms with Crippen molar-refractivity contribution >= 4 is 28.3 Å². The molecular weight excluding hydrogens is 453 g/mol. The van der Waals surface area contributed by atoms with E-state index < -0.39 is 0 Å². The lowest BCUT2D eigenvalue weighted by molar-refractivity contribution is -0.118. The summed E-state index contributed by atoms with van der Waals surface area (Å²) in [6, 6.07) is 21.2. The lowest BCUT2D eigenvalue weighted by Crippen LogP contribution is -2.34. The number of fused-ring (bicyclic) bond motifs is 3. The van der Waals surface area contributed by atoms with E-state index in [9.17, 15) is 9.18 Å². The standard InChI is InChI=1S/C30H30FN3O2/c31-24-13-14-25-28(20-24)36-32-30(25)23-15-18-33(19-16-23)17-5-10-29(35)34-26-8-3-1-6-21(26)11-12-22-7-2-4-9-27(22)34/h1-4,6-9,13-14,20,23H,5,10-12,15-19H2. The van der Waals surface area contributed by atoms with Crippen molar-refractivity contribution in [2.45, 2.75) is 44.4 Å². The highest BCUT2D eigenvalue weighted by atomic mass is 19.1. The maximum Gasteiger partial charge on any atom is 0.231 e. The lowest BCUT2D eigenvalue weighted by atomic mass is 9.91. The highest BCUT2D eigenvalue weighted by Gasteiger charge is 2.27. The zero-order chi connectivity index (χ0) is 24.5. The number of rotatable bonds is 5. The molecule has 0 N–H and O–H groups in total. The number of halogens is 1. The minimum absolute atomic E-state index is 0.160. The molecule has 0 atom stereocenters. The summed E-state index contributed by atoms with van der Waals surface area (Å²) in [7, 11) is 0. The van der Waals surface area contributed by atoms with Crippen molar-refractivity contribution in [3.63, 3.8) is 0 Å². The molecule has 6 heteroatoms. The molecule has 0 saturated carbocycles. The molecule has 36 heavy (non-hydrogen) atoms. The normalized spacial score (nSPS) is 16.5. The number of anilines is 2. The van der Waals surface area contributed by atoms with Crippen LogP contribution in [-0.4, -0.2) is 35.6 Å². The summed E-state index contributed by atoms with van der Waals surface area (Å²) < 4.78 is 18.9. The largest absolute Gasteiger partial charge is 0.356 e. The smallest absolute Gasteiger partial charge is 0.231 e. The Morgan fingerprint density at radius 2 is 1.61 bits per heavy atom. The van der Waals surface area contributed by atoms with Crippen molar-refractivity contribution in [1.29, 1.82) is 0 Å². The average Bonchev–Trinajstić information content (AvgIpc) is 3.24. The van der Waals surface area contributed by atoms with Crippen molar-refractivity contribution in [1.82, 2.24) is 10.1 Å². The molecule has 1 saturated heterocycles. The number of benzene rings is 3. The topological polar surface area (TPSA) is 49.6 Å². The fourth-order valence-electron chi connectivity index (χ4n) is 5.77. The fourth-order valence-corrected chi connectivity index (χ4v) is 5.77. The second-order valence-electron chi connectivity index (χ2n) is 9.91. The van der Waals surface area contributed by atoms with Gasteiger partial charge in [-0.3, -0.25) is 9.69 Å². The van der Waals surface area contributed by atoms with Gasteiger partial charge in [0.2, 0.25) is 5.91 Å². The Labute approximate surface area is 210 Å². The predicted molar refractivity (Wildman–Crippen MR) is 139 cm³/mol. The van der Waals surface area contributed by atoms with Crippen LogP contribution in [0.4, 0.5) is 15.8 Å². The third kappa shape index (κ3) is 4.42. The molecule has 0 unspecified atom stereocenters. The number of likely N-dealkylation sites (tertiary alicyclic amines) is 1. The first-order chi connectivity index (χ1) is 17.7. The first-order valence-electron chi connectivity index (χ1n) is 12.9. The van der Waals surface area contributed by atoms with Gasteiger partial charge in [0, 0.05) is 23.8 Å². The van der Waals surface area contributed by atoms with Gasteiger partial charge in [-0.05, 0) is 87.1 Å². The van der Waals surface area contributed by atoms with Gasteiger partial charge in [-0.1, -0.05) is 41.6 Å². The van der Waals surface area contributed by atoms with E-state index in [1.807, 2.05) is 17.0 Å². The van der Waals surface area contributed by atoms with Gasteiger partial charge in [0.15, 0.2) is 5.58 Å². The molecule has 3 aromatic carbocycles. The number of aryl methyl sites for hydroxylation is 2. The number of carbonyl (C=O) groups excluding carboxylic acids is 1. The van der Waals surface area contributed by atoms with Crippen molar-refractivity contribution in [2.75, 3.05) is 24.5 Å². The Balaban J connectivity index is 1.08. The van der Waals surface area contributed by atoms with Crippen LogP contribution >= 0.6 is 0 Å². The molecule has 1 fully saturated rings. The van der Waals surface area contributed by atoms with Gasteiger partial charge >= 0.3 is 0 Å².